The van der Waals surface area contributed by atoms with Gasteiger partial charge in [0.15, 0.2) is 6.10 Å². The number of ether oxygens (including phenoxy) is 1. The summed E-state index contributed by atoms with van der Waals surface area (Å²) in [6.07, 6.45) is -0.895. The summed E-state index contributed by atoms with van der Waals surface area (Å²) in [5.41, 5.74) is 2.65. The lowest BCUT2D eigenvalue weighted by atomic mass is 10.1. The number of carbonyl (C=O) groups excluding carboxylic acids is 3. The summed E-state index contributed by atoms with van der Waals surface area (Å²) in [5.74, 6) is -0.997. The number of thiazole rings is 1. The monoisotopic (exact) mass is 414 g/mol. The molecule has 144 valence electrons. The summed E-state index contributed by atoms with van der Waals surface area (Å²) >= 11 is 3.06. The van der Waals surface area contributed by atoms with E-state index in [4.69, 9.17) is 4.74 Å². The van der Waals surface area contributed by atoms with Crippen LogP contribution < -0.4 is 5.32 Å². The van der Waals surface area contributed by atoms with Gasteiger partial charge < -0.3 is 10.1 Å². The molecule has 0 aliphatic heterocycles. The van der Waals surface area contributed by atoms with Gasteiger partial charge in [-0.15, -0.1) is 11.3 Å². The zero-order valence-corrected chi connectivity index (χ0v) is 16.9. The molecule has 28 heavy (non-hydrogen) atoms. The van der Waals surface area contributed by atoms with Gasteiger partial charge in [0, 0.05) is 34.5 Å². The van der Waals surface area contributed by atoms with E-state index in [2.05, 4.69) is 10.3 Å². The number of hydrogen-bond donors (Lipinski definition) is 1. The first-order valence-corrected chi connectivity index (χ1v) is 10.3. The van der Waals surface area contributed by atoms with Gasteiger partial charge in [-0.1, -0.05) is 0 Å². The molecule has 8 heteroatoms. The van der Waals surface area contributed by atoms with Crippen molar-refractivity contribution in [1.29, 1.82) is 0 Å². The van der Waals surface area contributed by atoms with Crippen LogP contribution in [0.25, 0.3) is 10.6 Å². The Labute approximate surface area is 170 Å². The summed E-state index contributed by atoms with van der Waals surface area (Å²) in [6.45, 7) is 2.95. The number of hydrogen-bond acceptors (Lipinski definition) is 7. The van der Waals surface area contributed by atoms with Gasteiger partial charge in [0.25, 0.3) is 0 Å². The Bertz CT molecular complexity index is 978. The van der Waals surface area contributed by atoms with Gasteiger partial charge in [0.05, 0.1) is 12.1 Å². The summed E-state index contributed by atoms with van der Waals surface area (Å²) < 4.78 is 5.27. The van der Waals surface area contributed by atoms with Gasteiger partial charge in [-0.3, -0.25) is 14.4 Å². The third-order valence-corrected chi connectivity index (χ3v) is 5.44. The number of carbonyl (C=O) groups is 3. The normalized spacial score (nSPS) is 11.6. The van der Waals surface area contributed by atoms with Crippen molar-refractivity contribution in [2.75, 3.05) is 5.32 Å². The summed E-state index contributed by atoms with van der Waals surface area (Å²) in [6, 6.07) is 8.41. The molecule has 3 aromatic rings. The van der Waals surface area contributed by atoms with E-state index in [1.807, 2.05) is 22.2 Å². The highest BCUT2D eigenvalue weighted by Crippen LogP contribution is 2.26. The lowest BCUT2D eigenvalue weighted by Gasteiger charge is -2.12. The summed E-state index contributed by atoms with van der Waals surface area (Å²) in [5, 5.41) is 9.28. The summed E-state index contributed by atoms with van der Waals surface area (Å²) in [4.78, 5) is 40.1. The van der Waals surface area contributed by atoms with Crippen molar-refractivity contribution >= 4 is 46.0 Å². The number of nitrogens with zero attached hydrogens (tertiary/aromatic N) is 1. The SMILES string of the molecule is CC(=O)Nc1ccc(C(=O)[C@@H](C)OC(=O)Cc2csc(-c3ccsc3)n2)cc1. The van der Waals surface area contributed by atoms with Crippen molar-refractivity contribution in [3.05, 3.63) is 57.7 Å². The highest BCUT2D eigenvalue weighted by molar-refractivity contribution is 7.14. The number of rotatable bonds is 7. The van der Waals surface area contributed by atoms with E-state index in [0.717, 1.165) is 10.6 Å². The van der Waals surface area contributed by atoms with Gasteiger partial charge in [0.2, 0.25) is 11.7 Å². The van der Waals surface area contributed by atoms with Gasteiger partial charge in [0.1, 0.15) is 5.01 Å². The van der Waals surface area contributed by atoms with Crippen molar-refractivity contribution in [3.8, 4) is 10.6 Å². The maximum Gasteiger partial charge on any atom is 0.312 e. The first-order chi connectivity index (χ1) is 13.4. The molecule has 1 amide bonds. The second-order valence-corrected chi connectivity index (χ2v) is 7.73. The quantitative estimate of drug-likeness (QED) is 0.463. The van der Waals surface area contributed by atoms with Crippen molar-refractivity contribution in [1.82, 2.24) is 4.98 Å². The molecule has 0 saturated heterocycles. The number of ketones is 1. The third-order valence-electron chi connectivity index (χ3n) is 3.81. The minimum atomic E-state index is -0.908. The minimum absolute atomic E-state index is 0.0136. The zero-order chi connectivity index (χ0) is 20.1. The van der Waals surface area contributed by atoms with E-state index in [9.17, 15) is 14.4 Å². The van der Waals surface area contributed by atoms with Gasteiger partial charge in [-0.05, 0) is 42.6 Å². The van der Waals surface area contributed by atoms with Crippen molar-refractivity contribution in [3.63, 3.8) is 0 Å². The Hall–Kier alpha value is -2.84. The average molecular weight is 415 g/mol. The molecule has 0 aliphatic rings. The second-order valence-electron chi connectivity index (χ2n) is 6.09. The van der Waals surface area contributed by atoms with Crippen molar-refractivity contribution < 1.29 is 19.1 Å². The molecular formula is C20H18N2O4S2. The van der Waals surface area contributed by atoms with Crippen molar-refractivity contribution in [2.45, 2.75) is 26.4 Å². The Balaban J connectivity index is 1.56. The van der Waals surface area contributed by atoms with Crippen molar-refractivity contribution in [2.24, 2.45) is 0 Å². The number of nitrogens with one attached hydrogen (secondary N) is 1. The van der Waals surface area contributed by atoms with Crippen LogP contribution in [-0.4, -0.2) is 28.7 Å². The molecule has 1 N–H and O–H groups in total. The molecule has 0 saturated carbocycles. The average Bonchev–Trinajstić information content (AvgIpc) is 3.32. The van der Waals surface area contributed by atoms with Gasteiger partial charge >= 0.3 is 5.97 Å². The largest absolute Gasteiger partial charge is 0.454 e. The number of amides is 1. The molecule has 0 fully saturated rings. The predicted molar refractivity (Wildman–Crippen MR) is 110 cm³/mol. The molecule has 3 rings (SSSR count). The number of aromatic nitrogens is 1. The lowest BCUT2D eigenvalue weighted by Crippen LogP contribution is -2.25. The van der Waals surface area contributed by atoms with E-state index < -0.39 is 12.1 Å². The number of anilines is 1. The predicted octanol–water partition coefficient (Wildman–Crippen LogP) is 4.19. The zero-order valence-electron chi connectivity index (χ0n) is 15.3. The highest BCUT2D eigenvalue weighted by atomic mass is 32.1. The molecule has 0 spiro atoms. The van der Waals surface area contributed by atoms with Crippen LogP contribution in [0.2, 0.25) is 0 Å². The van der Waals surface area contributed by atoms with Gasteiger partial charge in [-0.25, -0.2) is 4.98 Å². The van der Waals surface area contributed by atoms with Crippen LogP contribution in [0.1, 0.15) is 29.9 Å². The Morgan fingerprint density at radius 1 is 1.14 bits per heavy atom. The van der Waals surface area contributed by atoms with E-state index in [0.29, 0.717) is 16.9 Å². The van der Waals surface area contributed by atoms with E-state index >= 15 is 0 Å². The van der Waals surface area contributed by atoms with Crippen LogP contribution in [-0.2, 0) is 20.7 Å². The highest BCUT2D eigenvalue weighted by Gasteiger charge is 2.20. The van der Waals surface area contributed by atoms with Crippen LogP contribution in [0, 0.1) is 0 Å². The van der Waals surface area contributed by atoms with E-state index in [-0.39, 0.29) is 18.1 Å². The molecule has 1 atom stereocenters. The fourth-order valence-electron chi connectivity index (χ4n) is 2.50. The number of Topliss-reactive ketones (excluding diaryl/α,β-unsaturated/α-hetero) is 1. The molecular weight excluding hydrogens is 396 g/mol. The smallest absolute Gasteiger partial charge is 0.312 e. The van der Waals surface area contributed by atoms with Crippen LogP contribution in [0.4, 0.5) is 5.69 Å². The molecule has 0 radical (unpaired) electrons. The van der Waals surface area contributed by atoms with Crippen LogP contribution in [0.3, 0.4) is 0 Å². The fourth-order valence-corrected chi connectivity index (χ4v) is 4.03. The van der Waals surface area contributed by atoms with Gasteiger partial charge in [-0.2, -0.15) is 11.3 Å². The Morgan fingerprint density at radius 2 is 1.89 bits per heavy atom. The first kappa shape index (κ1) is 19.9. The lowest BCUT2D eigenvalue weighted by molar-refractivity contribution is -0.145. The van der Waals surface area contributed by atoms with E-state index in [1.165, 1.54) is 18.3 Å². The number of thiophene rings is 1. The molecule has 0 bridgehead atoms. The molecule has 0 unspecified atom stereocenters. The van der Waals surface area contributed by atoms with Crippen LogP contribution in [0.5, 0.6) is 0 Å². The Kier molecular flexibility index (Phi) is 6.33. The second kappa shape index (κ2) is 8.90. The maximum atomic E-state index is 12.4. The molecule has 2 heterocycles. The maximum absolute atomic E-state index is 12.4. The molecule has 2 aromatic heterocycles. The van der Waals surface area contributed by atoms with Crippen LogP contribution in [0.15, 0.2) is 46.5 Å². The molecule has 6 nitrogen and oxygen atoms in total. The number of benzene rings is 1. The van der Waals surface area contributed by atoms with E-state index in [1.54, 1.807) is 42.5 Å². The minimum Gasteiger partial charge on any atom is -0.454 e. The molecule has 0 aliphatic carbocycles. The first-order valence-electron chi connectivity index (χ1n) is 8.50. The Morgan fingerprint density at radius 3 is 2.54 bits per heavy atom. The fraction of sp³-hybridized carbons (Fsp3) is 0.200. The number of esters is 1. The molecule has 1 aromatic carbocycles. The summed E-state index contributed by atoms with van der Waals surface area (Å²) in [7, 11) is 0. The van der Waals surface area contributed by atoms with Crippen LogP contribution >= 0.6 is 22.7 Å². The topological polar surface area (TPSA) is 85.4 Å². The third kappa shape index (κ3) is 5.11. The standard InChI is InChI=1S/C20H18N2O4S2/c1-12(19(25)14-3-5-16(6-4-14)21-13(2)23)26-18(24)9-17-11-28-20(22-17)15-7-8-27-10-15/h3-8,10-12H,9H2,1-2H3,(H,21,23)/t12-/m1/s1.